The highest BCUT2D eigenvalue weighted by molar-refractivity contribution is 5.98. The molecule has 1 amide bonds. The Balaban J connectivity index is 2.18. The maximum Gasteiger partial charge on any atom is 0.259 e. The lowest BCUT2D eigenvalue weighted by Gasteiger charge is -2.35. The third-order valence-electron chi connectivity index (χ3n) is 3.57. The molecule has 1 aliphatic heterocycles. The molecular formula is C12H20N4O2. The molecule has 0 radical (unpaired) electrons. The molecule has 0 spiro atoms. The van der Waals surface area contributed by atoms with Gasteiger partial charge in [0.25, 0.3) is 5.91 Å². The van der Waals surface area contributed by atoms with E-state index in [0.717, 1.165) is 25.8 Å². The number of carbonyl (C=O) groups is 1. The van der Waals surface area contributed by atoms with Gasteiger partial charge >= 0.3 is 0 Å². The van der Waals surface area contributed by atoms with Crippen LogP contribution in [0.1, 0.15) is 36.0 Å². The number of carbonyl (C=O) groups excluding carboxylic acids is 1. The topological polar surface area (TPSA) is 84.4 Å². The average molecular weight is 252 g/mol. The molecule has 0 saturated carbocycles. The van der Waals surface area contributed by atoms with E-state index in [4.69, 9.17) is 10.8 Å². The number of rotatable bonds is 3. The monoisotopic (exact) mass is 252 g/mol. The number of aliphatic hydroxyl groups excluding tert-OH is 1. The van der Waals surface area contributed by atoms with Crippen LogP contribution in [0.25, 0.3) is 0 Å². The van der Waals surface area contributed by atoms with Crippen LogP contribution in [0.2, 0.25) is 0 Å². The molecule has 0 aromatic carbocycles. The van der Waals surface area contributed by atoms with Gasteiger partial charge in [-0.1, -0.05) is 0 Å². The second kappa shape index (κ2) is 5.39. The standard InChI is InChI=1S/C12H20N4O2/c1-15-11(13)10(8-14-15)12(18)16-6-3-2-4-9(16)5-7-17/h8-9,17H,2-7,13H2,1H3. The third-order valence-corrected chi connectivity index (χ3v) is 3.57. The Hall–Kier alpha value is -1.56. The minimum Gasteiger partial charge on any atom is -0.396 e. The van der Waals surface area contributed by atoms with E-state index >= 15 is 0 Å². The molecule has 2 heterocycles. The van der Waals surface area contributed by atoms with Gasteiger partial charge in [0, 0.05) is 26.2 Å². The first-order valence-corrected chi connectivity index (χ1v) is 6.34. The number of hydrogen-bond acceptors (Lipinski definition) is 4. The van der Waals surface area contributed by atoms with E-state index in [9.17, 15) is 4.79 Å². The van der Waals surface area contributed by atoms with Gasteiger partial charge in [-0.05, 0) is 25.7 Å². The first kappa shape index (κ1) is 12.9. The van der Waals surface area contributed by atoms with E-state index in [0.29, 0.717) is 17.8 Å². The van der Waals surface area contributed by atoms with E-state index in [2.05, 4.69) is 5.10 Å². The molecule has 1 fully saturated rings. The Labute approximate surface area is 106 Å². The molecule has 2 rings (SSSR count). The van der Waals surface area contributed by atoms with Crippen LogP contribution in [0, 0.1) is 0 Å². The molecule has 1 saturated heterocycles. The van der Waals surface area contributed by atoms with Crippen LogP contribution in [-0.2, 0) is 7.05 Å². The zero-order valence-corrected chi connectivity index (χ0v) is 10.7. The van der Waals surface area contributed by atoms with Crippen molar-refractivity contribution in [2.24, 2.45) is 7.05 Å². The van der Waals surface area contributed by atoms with Crippen molar-refractivity contribution in [2.75, 3.05) is 18.9 Å². The first-order valence-electron chi connectivity index (χ1n) is 6.34. The molecule has 1 atom stereocenters. The molecule has 18 heavy (non-hydrogen) atoms. The quantitative estimate of drug-likeness (QED) is 0.814. The van der Waals surface area contributed by atoms with Gasteiger partial charge in [0.2, 0.25) is 0 Å². The number of nitrogen functional groups attached to an aromatic ring is 1. The van der Waals surface area contributed by atoms with Crippen molar-refractivity contribution in [3.05, 3.63) is 11.8 Å². The number of aryl methyl sites for hydroxylation is 1. The molecule has 1 unspecified atom stereocenters. The molecule has 100 valence electrons. The van der Waals surface area contributed by atoms with Crippen molar-refractivity contribution in [2.45, 2.75) is 31.7 Å². The minimum absolute atomic E-state index is 0.0706. The number of amides is 1. The van der Waals surface area contributed by atoms with Gasteiger partial charge in [-0.25, -0.2) is 0 Å². The Bertz CT molecular complexity index is 428. The van der Waals surface area contributed by atoms with Crippen LogP contribution in [0.15, 0.2) is 6.20 Å². The fourth-order valence-corrected chi connectivity index (χ4v) is 2.48. The van der Waals surface area contributed by atoms with Crippen LogP contribution in [0.3, 0.4) is 0 Å². The van der Waals surface area contributed by atoms with Crippen LogP contribution >= 0.6 is 0 Å². The summed E-state index contributed by atoms with van der Waals surface area (Å²) in [6.07, 6.45) is 5.21. The molecule has 1 aromatic rings. The van der Waals surface area contributed by atoms with Gasteiger partial charge < -0.3 is 15.7 Å². The van der Waals surface area contributed by atoms with Gasteiger partial charge in [0.15, 0.2) is 0 Å². The number of anilines is 1. The summed E-state index contributed by atoms with van der Waals surface area (Å²) in [4.78, 5) is 14.3. The zero-order chi connectivity index (χ0) is 13.1. The fraction of sp³-hybridized carbons (Fsp3) is 0.667. The summed E-state index contributed by atoms with van der Waals surface area (Å²) in [5.41, 5.74) is 6.29. The molecule has 3 N–H and O–H groups in total. The molecule has 1 aromatic heterocycles. The summed E-state index contributed by atoms with van der Waals surface area (Å²) in [7, 11) is 1.72. The third kappa shape index (κ3) is 2.33. The van der Waals surface area contributed by atoms with Crippen LogP contribution in [-0.4, -0.2) is 44.9 Å². The minimum atomic E-state index is -0.0706. The zero-order valence-electron chi connectivity index (χ0n) is 10.7. The van der Waals surface area contributed by atoms with E-state index < -0.39 is 0 Å². The lowest BCUT2D eigenvalue weighted by atomic mass is 9.99. The highest BCUT2D eigenvalue weighted by Gasteiger charge is 2.29. The lowest BCUT2D eigenvalue weighted by molar-refractivity contribution is 0.0575. The van der Waals surface area contributed by atoms with Gasteiger partial charge in [0.1, 0.15) is 11.4 Å². The van der Waals surface area contributed by atoms with Crippen LogP contribution < -0.4 is 5.73 Å². The fourth-order valence-electron chi connectivity index (χ4n) is 2.48. The normalized spacial score (nSPS) is 20.1. The predicted octanol–water partition coefficient (Wildman–Crippen LogP) is 0.379. The van der Waals surface area contributed by atoms with Crippen LogP contribution in [0.4, 0.5) is 5.82 Å². The maximum atomic E-state index is 12.4. The molecule has 6 nitrogen and oxygen atoms in total. The van der Waals surface area contributed by atoms with E-state index in [-0.39, 0.29) is 18.6 Å². The van der Waals surface area contributed by atoms with Gasteiger partial charge in [-0.2, -0.15) is 5.10 Å². The Morgan fingerprint density at radius 3 is 3.00 bits per heavy atom. The number of aromatic nitrogens is 2. The molecule has 1 aliphatic rings. The number of nitrogens with two attached hydrogens (primary N) is 1. The number of piperidine rings is 1. The SMILES string of the molecule is Cn1ncc(C(=O)N2CCCCC2CCO)c1N. The van der Waals surface area contributed by atoms with Crippen LogP contribution in [0.5, 0.6) is 0 Å². The summed E-state index contributed by atoms with van der Waals surface area (Å²) in [6, 6.07) is 0.121. The smallest absolute Gasteiger partial charge is 0.259 e. The molecule has 6 heteroatoms. The number of nitrogens with zero attached hydrogens (tertiary/aromatic N) is 3. The van der Waals surface area contributed by atoms with Crippen molar-refractivity contribution < 1.29 is 9.90 Å². The van der Waals surface area contributed by atoms with E-state index in [1.54, 1.807) is 7.05 Å². The number of likely N-dealkylation sites (tertiary alicyclic amines) is 1. The van der Waals surface area contributed by atoms with Crippen molar-refractivity contribution in [3.8, 4) is 0 Å². The largest absolute Gasteiger partial charge is 0.396 e. The summed E-state index contributed by atoms with van der Waals surface area (Å²) in [5.74, 6) is 0.326. The number of aliphatic hydroxyl groups is 1. The molecular weight excluding hydrogens is 232 g/mol. The van der Waals surface area contributed by atoms with Gasteiger partial charge in [-0.15, -0.1) is 0 Å². The van der Waals surface area contributed by atoms with Gasteiger partial charge in [0.05, 0.1) is 6.20 Å². The summed E-state index contributed by atoms with van der Waals surface area (Å²) < 4.78 is 1.50. The molecule has 0 bridgehead atoms. The summed E-state index contributed by atoms with van der Waals surface area (Å²) in [5, 5.41) is 13.1. The summed E-state index contributed by atoms with van der Waals surface area (Å²) >= 11 is 0. The Morgan fingerprint density at radius 1 is 1.61 bits per heavy atom. The second-order valence-electron chi connectivity index (χ2n) is 4.73. The lowest BCUT2D eigenvalue weighted by Crippen LogP contribution is -2.44. The predicted molar refractivity (Wildman–Crippen MR) is 68.0 cm³/mol. The van der Waals surface area contributed by atoms with Crippen molar-refractivity contribution >= 4 is 11.7 Å². The maximum absolute atomic E-state index is 12.4. The molecule has 0 aliphatic carbocycles. The Kier molecular flexibility index (Phi) is 3.86. The van der Waals surface area contributed by atoms with E-state index in [1.165, 1.54) is 10.9 Å². The Morgan fingerprint density at radius 2 is 2.39 bits per heavy atom. The van der Waals surface area contributed by atoms with E-state index in [1.807, 2.05) is 4.90 Å². The van der Waals surface area contributed by atoms with Crippen molar-refractivity contribution in [1.82, 2.24) is 14.7 Å². The van der Waals surface area contributed by atoms with Crippen molar-refractivity contribution in [3.63, 3.8) is 0 Å². The second-order valence-corrected chi connectivity index (χ2v) is 4.73. The average Bonchev–Trinajstić information content (AvgIpc) is 2.70. The highest BCUT2D eigenvalue weighted by Crippen LogP contribution is 2.23. The highest BCUT2D eigenvalue weighted by atomic mass is 16.3. The first-order chi connectivity index (χ1) is 8.65. The van der Waals surface area contributed by atoms with Gasteiger partial charge in [-0.3, -0.25) is 9.48 Å². The number of hydrogen-bond donors (Lipinski definition) is 2. The summed E-state index contributed by atoms with van der Waals surface area (Å²) in [6.45, 7) is 0.842. The van der Waals surface area contributed by atoms with Crippen molar-refractivity contribution in [1.29, 1.82) is 0 Å².